The number of carboxylic acids is 1. The van der Waals surface area contributed by atoms with Crippen molar-refractivity contribution in [3.05, 3.63) is 12.2 Å². The molecule has 0 aliphatic heterocycles. The van der Waals surface area contributed by atoms with Gasteiger partial charge in [-0.3, -0.25) is 9.59 Å². The first-order chi connectivity index (χ1) is 7.31. The molecule has 90 valence electrons. The van der Waals surface area contributed by atoms with Crippen LogP contribution < -0.4 is 0 Å². The summed E-state index contributed by atoms with van der Waals surface area (Å²) in [6, 6.07) is 0. The predicted molar refractivity (Wildman–Crippen MR) is 58.8 cm³/mol. The van der Waals surface area contributed by atoms with Crippen LogP contribution in [-0.2, 0) is 14.3 Å². The summed E-state index contributed by atoms with van der Waals surface area (Å²) in [5, 5.41) is 9.01. The molecule has 0 bridgehead atoms. The number of allylic oxidation sites excluding steroid dienone is 2. The average Bonchev–Trinajstić information content (AvgIpc) is 2.15. The molecule has 0 amide bonds. The monoisotopic (exact) mass is 226 g/mol. The lowest BCUT2D eigenvalue weighted by Gasteiger charge is -2.27. The topological polar surface area (TPSA) is 63.6 Å². The quantitative estimate of drug-likeness (QED) is 0.577. The van der Waals surface area contributed by atoms with E-state index in [4.69, 9.17) is 9.84 Å². The molecule has 0 saturated carbocycles. The normalized spacial score (nSPS) is 25.2. The van der Waals surface area contributed by atoms with E-state index in [0.717, 1.165) is 0 Å². The molecule has 1 unspecified atom stereocenters. The first-order valence-corrected chi connectivity index (χ1v) is 5.42. The molecular weight excluding hydrogens is 208 g/mol. The summed E-state index contributed by atoms with van der Waals surface area (Å²) >= 11 is 0. The summed E-state index contributed by atoms with van der Waals surface area (Å²) in [6.07, 6.45) is 4.50. The SMILES string of the molecule is CC(C)(C)OC(=O)C1CC=CC[C@@H]1C(=O)O. The summed E-state index contributed by atoms with van der Waals surface area (Å²) in [4.78, 5) is 22.8. The molecule has 16 heavy (non-hydrogen) atoms. The largest absolute Gasteiger partial charge is 0.481 e. The average molecular weight is 226 g/mol. The molecule has 0 aromatic heterocycles. The van der Waals surface area contributed by atoms with Crippen LogP contribution in [0.4, 0.5) is 0 Å². The number of hydrogen-bond donors (Lipinski definition) is 1. The number of carbonyl (C=O) groups is 2. The molecule has 0 saturated heterocycles. The summed E-state index contributed by atoms with van der Waals surface area (Å²) < 4.78 is 5.22. The maximum absolute atomic E-state index is 11.8. The Morgan fingerprint density at radius 2 is 1.69 bits per heavy atom. The van der Waals surface area contributed by atoms with Crippen molar-refractivity contribution < 1.29 is 19.4 Å². The second-order valence-electron chi connectivity index (χ2n) is 5.03. The Kier molecular flexibility index (Phi) is 3.73. The van der Waals surface area contributed by atoms with Crippen LogP contribution in [-0.4, -0.2) is 22.6 Å². The van der Waals surface area contributed by atoms with Crippen LogP contribution in [0.1, 0.15) is 33.6 Å². The number of aliphatic carboxylic acids is 1. The van der Waals surface area contributed by atoms with Gasteiger partial charge in [-0.1, -0.05) is 12.2 Å². The molecule has 1 N–H and O–H groups in total. The molecule has 0 fully saturated rings. The first-order valence-electron chi connectivity index (χ1n) is 5.42. The minimum atomic E-state index is -0.930. The number of rotatable bonds is 2. The molecule has 1 aliphatic carbocycles. The molecule has 0 spiro atoms. The third-order valence-corrected chi connectivity index (χ3v) is 2.46. The minimum absolute atomic E-state index is 0.402. The van der Waals surface area contributed by atoms with Crippen molar-refractivity contribution >= 4 is 11.9 Å². The third kappa shape index (κ3) is 3.36. The van der Waals surface area contributed by atoms with Gasteiger partial charge in [0.25, 0.3) is 0 Å². The van der Waals surface area contributed by atoms with Crippen LogP contribution in [0.5, 0.6) is 0 Å². The predicted octanol–water partition coefficient (Wildman–Crippen LogP) is 2.00. The van der Waals surface area contributed by atoms with E-state index in [1.54, 1.807) is 26.8 Å². The fourth-order valence-corrected chi connectivity index (χ4v) is 1.73. The van der Waals surface area contributed by atoms with Crippen LogP contribution in [0.3, 0.4) is 0 Å². The number of ether oxygens (including phenoxy) is 1. The van der Waals surface area contributed by atoms with E-state index < -0.39 is 29.4 Å². The van der Waals surface area contributed by atoms with Crippen molar-refractivity contribution in [3.63, 3.8) is 0 Å². The second-order valence-corrected chi connectivity index (χ2v) is 5.03. The lowest BCUT2D eigenvalue weighted by molar-refractivity contribution is -0.166. The Balaban J connectivity index is 2.73. The molecule has 1 rings (SSSR count). The molecular formula is C12H18O4. The summed E-state index contributed by atoms with van der Waals surface area (Å²) in [5.74, 6) is -2.55. The van der Waals surface area contributed by atoms with Crippen molar-refractivity contribution in [1.82, 2.24) is 0 Å². The van der Waals surface area contributed by atoms with E-state index in [2.05, 4.69) is 0 Å². The van der Waals surface area contributed by atoms with Crippen molar-refractivity contribution in [2.75, 3.05) is 0 Å². The van der Waals surface area contributed by atoms with Gasteiger partial charge in [0.05, 0.1) is 11.8 Å². The minimum Gasteiger partial charge on any atom is -0.481 e. The van der Waals surface area contributed by atoms with Crippen LogP contribution in [0, 0.1) is 11.8 Å². The third-order valence-electron chi connectivity index (χ3n) is 2.46. The van der Waals surface area contributed by atoms with Crippen LogP contribution in [0.15, 0.2) is 12.2 Å². The molecule has 2 atom stereocenters. The Labute approximate surface area is 95.3 Å². The second kappa shape index (κ2) is 4.68. The van der Waals surface area contributed by atoms with Gasteiger partial charge in [-0.15, -0.1) is 0 Å². The van der Waals surface area contributed by atoms with E-state index in [9.17, 15) is 9.59 Å². The molecule has 4 nitrogen and oxygen atoms in total. The zero-order chi connectivity index (χ0) is 12.3. The smallest absolute Gasteiger partial charge is 0.310 e. The standard InChI is InChI=1S/C12H18O4/c1-12(2,3)16-11(15)9-7-5-4-6-8(9)10(13)14/h4-5,8-9H,6-7H2,1-3H3,(H,13,14)/t8-,9?/m0/s1. The van der Waals surface area contributed by atoms with Gasteiger partial charge >= 0.3 is 11.9 Å². The van der Waals surface area contributed by atoms with Gasteiger partial charge in [0.2, 0.25) is 0 Å². The lowest BCUT2D eigenvalue weighted by atomic mass is 9.83. The van der Waals surface area contributed by atoms with Gasteiger partial charge in [-0.25, -0.2) is 0 Å². The zero-order valence-electron chi connectivity index (χ0n) is 9.90. The number of carboxylic acid groups (broad SMARTS) is 1. The van der Waals surface area contributed by atoms with Gasteiger partial charge in [0.15, 0.2) is 0 Å². The summed E-state index contributed by atoms with van der Waals surface area (Å²) in [6.45, 7) is 5.33. The van der Waals surface area contributed by atoms with E-state index in [0.29, 0.717) is 12.8 Å². The van der Waals surface area contributed by atoms with Crippen molar-refractivity contribution in [1.29, 1.82) is 0 Å². The number of carbonyl (C=O) groups excluding carboxylic acids is 1. The fraction of sp³-hybridized carbons (Fsp3) is 0.667. The number of hydrogen-bond acceptors (Lipinski definition) is 3. The Morgan fingerprint density at radius 1 is 1.19 bits per heavy atom. The van der Waals surface area contributed by atoms with E-state index >= 15 is 0 Å². The Morgan fingerprint density at radius 3 is 2.12 bits per heavy atom. The Bertz CT molecular complexity index is 311. The van der Waals surface area contributed by atoms with Gasteiger partial charge in [0.1, 0.15) is 5.60 Å². The number of esters is 1. The van der Waals surface area contributed by atoms with E-state index in [-0.39, 0.29) is 0 Å². The molecule has 0 heterocycles. The van der Waals surface area contributed by atoms with E-state index in [1.807, 2.05) is 6.08 Å². The van der Waals surface area contributed by atoms with Gasteiger partial charge in [-0.05, 0) is 33.6 Å². The van der Waals surface area contributed by atoms with Crippen LogP contribution >= 0.6 is 0 Å². The first kappa shape index (κ1) is 12.7. The van der Waals surface area contributed by atoms with E-state index in [1.165, 1.54) is 0 Å². The maximum Gasteiger partial charge on any atom is 0.310 e. The van der Waals surface area contributed by atoms with Crippen molar-refractivity contribution in [2.24, 2.45) is 11.8 Å². The molecule has 0 aromatic rings. The highest BCUT2D eigenvalue weighted by Crippen LogP contribution is 2.28. The summed E-state index contributed by atoms with van der Waals surface area (Å²) in [7, 11) is 0. The van der Waals surface area contributed by atoms with Crippen molar-refractivity contribution in [2.45, 2.75) is 39.2 Å². The highest BCUT2D eigenvalue weighted by Gasteiger charge is 2.36. The van der Waals surface area contributed by atoms with Crippen molar-refractivity contribution in [3.8, 4) is 0 Å². The van der Waals surface area contributed by atoms with Gasteiger partial charge in [-0.2, -0.15) is 0 Å². The van der Waals surface area contributed by atoms with Crippen LogP contribution in [0.2, 0.25) is 0 Å². The molecule has 0 aromatic carbocycles. The highest BCUT2D eigenvalue weighted by molar-refractivity contribution is 5.82. The maximum atomic E-state index is 11.8. The van der Waals surface area contributed by atoms with Gasteiger partial charge < -0.3 is 9.84 Å². The Hall–Kier alpha value is -1.32. The lowest BCUT2D eigenvalue weighted by Crippen LogP contribution is -2.36. The zero-order valence-corrected chi connectivity index (χ0v) is 9.90. The molecule has 4 heteroatoms. The molecule has 1 aliphatic rings. The highest BCUT2D eigenvalue weighted by atomic mass is 16.6. The van der Waals surface area contributed by atoms with Crippen LogP contribution in [0.25, 0.3) is 0 Å². The fourth-order valence-electron chi connectivity index (χ4n) is 1.73. The summed E-state index contributed by atoms with van der Waals surface area (Å²) in [5.41, 5.74) is -0.568. The molecule has 0 radical (unpaired) electrons. The van der Waals surface area contributed by atoms with Gasteiger partial charge in [0, 0.05) is 0 Å².